The highest BCUT2D eigenvalue weighted by atomic mass is 35.5. The van der Waals surface area contributed by atoms with Gasteiger partial charge in [0.1, 0.15) is 5.02 Å². The number of hydrogen-bond acceptors (Lipinski definition) is 4. The number of ether oxygens (including phenoxy) is 1. The molecule has 1 aliphatic heterocycles. The van der Waals surface area contributed by atoms with Crippen LogP contribution in [0.15, 0.2) is 6.20 Å². The van der Waals surface area contributed by atoms with Gasteiger partial charge >= 0.3 is 0 Å². The third-order valence-electron chi connectivity index (χ3n) is 2.67. The van der Waals surface area contributed by atoms with Crippen molar-refractivity contribution in [2.45, 2.75) is 19.4 Å². The highest BCUT2D eigenvalue weighted by Gasteiger charge is 2.24. The molecular weight excluding hydrogens is 249 g/mol. The van der Waals surface area contributed by atoms with E-state index in [2.05, 4.69) is 21.8 Å². The Bertz CT molecular complexity index is 375. The van der Waals surface area contributed by atoms with Crippen LogP contribution in [0, 0.1) is 0 Å². The van der Waals surface area contributed by atoms with E-state index in [9.17, 15) is 0 Å². The number of nitrogens with zero attached hydrogens (tertiary/aromatic N) is 3. The van der Waals surface area contributed by atoms with Crippen LogP contribution < -0.4 is 4.90 Å². The number of anilines is 1. The highest BCUT2D eigenvalue weighted by Crippen LogP contribution is 2.27. The molecule has 0 aromatic carbocycles. The minimum atomic E-state index is 0.223. The fourth-order valence-corrected chi connectivity index (χ4v) is 2.14. The van der Waals surface area contributed by atoms with Gasteiger partial charge in [0.05, 0.1) is 25.5 Å². The zero-order chi connectivity index (χ0) is 11.5. The van der Waals surface area contributed by atoms with Crippen molar-refractivity contribution in [2.75, 3.05) is 24.7 Å². The molecule has 6 heteroatoms. The van der Waals surface area contributed by atoms with Crippen LogP contribution in [0.3, 0.4) is 0 Å². The van der Waals surface area contributed by atoms with Crippen LogP contribution in [0.25, 0.3) is 0 Å². The molecule has 0 N–H and O–H groups in total. The molecular formula is C10H13Cl2N3O. The van der Waals surface area contributed by atoms with Crippen LogP contribution in [0.2, 0.25) is 10.3 Å². The van der Waals surface area contributed by atoms with E-state index in [1.54, 1.807) is 0 Å². The maximum atomic E-state index is 6.09. The minimum Gasteiger partial charge on any atom is -0.377 e. The summed E-state index contributed by atoms with van der Waals surface area (Å²) >= 11 is 11.9. The maximum absolute atomic E-state index is 6.09. The summed E-state index contributed by atoms with van der Waals surface area (Å²) in [5.41, 5.74) is 0. The standard InChI is InChI=1S/C10H13Cl2N3O/c1-2-7-6-16-4-3-15(7)9-8(11)5-13-10(12)14-9/h5,7H,2-4,6H2,1H3. The van der Waals surface area contributed by atoms with Crippen molar-refractivity contribution in [2.24, 2.45) is 0 Å². The molecule has 1 aliphatic rings. The van der Waals surface area contributed by atoms with E-state index < -0.39 is 0 Å². The fraction of sp³-hybridized carbons (Fsp3) is 0.600. The molecule has 16 heavy (non-hydrogen) atoms. The zero-order valence-electron chi connectivity index (χ0n) is 8.99. The molecule has 0 aliphatic carbocycles. The van der Waals surface area contributed by atoms with Gasteiger partial charge in [-0.05, 0) is 18.0 Å². The van der Waals surface area contributed by atoms with Crippen LogP contribution >= 0.6 is 23.2 Å². The van der Waals surface area contributed by atoms with Crippen molar-refractivity contribution in [3.63, 3.8) is 0 Å². The van der Waals surface area contributed by atoms with E-state index in [4.69, 9.17) is 27.9 Å². The number of halogens is 2. The second kappa shape index (κ2) is 5.17. The first-order valence-corrected chi connectivity index (χ1v) is 6.00. The molecule has 2 heterocycles. The molecule has 1 fully saturated rings. The first-order chi connectivity index (χ1) is 7.72. The molecule has 1 unspecified atom stereocenters. The summed E-state index contributed by atoms with van der Waals surface area (Å²) in [4.78, 5) is 10.2. The van der Waals surface area contributed by atoms with Crippen molar-refractivity contribution in [1.29, 1.82) is 0 Å². The molecule has 0 radical (unpaired) electrons. The normalized spacial score (nSPS) is 21.2. The highest BCUT2D eigenvalue weighted by molar-refractivity contribution is 6.33. The molecule has 1 atom stereocenters. The smallest absolute Gasteiger partial charge is 0.224 e. The predicted octanol–water partition coefficient (Wildman–Crippen LogP) is 2.40. The van der Waals surface area contributed by atoms with Gasteiger partial charge in [-0.2, -0.15) is 4.98 Å². The summed E-state index contributed by atoms with van der Waals surface area (Å²) in [6, 6.07) is 0.303. The van der Waals surface area contributed by atoms with Crippen LogP contribution in [0.4, 0.5) is 5.82 Å². The number of rotatable bonds is 2. The van der Waals surface area contributed by atoms with Gasteiger partial charge in [0.25, 0.3) is 0 Å². The van der Waals surface area contributed by atoms with Crippen molar-refractivity contribution in [1.82, 2.24) is 9.97 Å². The fourth-order valence-electron chi connectivity index (χ4n) is 1.81. The van der Waals surface area contributed by atoms with E-state index in [1.807, 2.05) is 0 Å². The molecule has 0 saturated carbocycles. The minimum absolute atomic E-state index is 0.223. The summed E-state index contributed by atoms with van der Waals surface area (Å²) < 4.78 is 5.43. The van der Waals surface area contributed by atoms with Gasteiger partial charge in [-0.1, -0.05) is 18.5 Å². The van der Waals surface area contributed by atoms with Crippen molar-refractivity contribution in [3.8, 4) is 0 Å². The Labute approximate surface area is 105 Å². The Morgan fingerprint density at radius 3 is 3.12 bits per heavy atom. The van der Waals surface area contributed by atoms with Crippen LogP contribution in [-0.2, 0) is 4.74 Å². The first kappa shape index (κ1) is 11.9. The Morgan fingerprint density at radius 1 is 1.56 bits per heavy atom. The molecule has 0 amide bonds. The lowest BCUT2D eigenvalue weighted by molar-refractivity contribution is 0.0925. The summed E-state index contributed by atoms with van der Waals surface area (Å²) in [6.45, 7) is 4.29. The average Bonchev–Trinajstić information content (AvgIpc) is 2.32. The Hall–Kier alpha value is -0.580. The van der Waals surface area contributed by atoms with Gasteiger partial charge in [-0.3, -0.25) is 0 Å². The zero-order valence-corrected chi connectivity index (χ0v) is 10.5. The second-order valence-corrected chi connectivity index (χ2v) is 4.39. The number of morpholine rings is 1. The van der Waals surface area contributed by atoms with Crippen LogP contribution in [-0.4, -0.2) is 35.8 Å². The molecule has 0 spiro atoms. The first-order valence-electron chi connectivity index (χ1n) is 5.24. The summed E-state index contributed by atoms with van der Waals surface area (Å²) in [5.74, 6) is 0.705. The van der Waals surface area contributed by atoms with E-state index in [0.717, 1.165) is 13.0 Å². The lowest BCUT2D eigenvalue weighted by Gasteiger charge is -2.36. The van der Waals surface area contributed by atoms with Gasteiger partial charge in [0.15, 0.2) is 5.82 Å². The molecule has 1 aromatic rings. The van der Waals surface area contributed by atoms with Crippen molar-refractivity contribution >= 4 is 29.0 Å². The monoisotopic (exact) mass is 261 g/mol. The number of aromatic nitrogens is 2. The van der Waals surface area contributed by atoms with Gasteiger partial charge in [-0.25, -0.2) is 4.98 Å². The lowest BCUT2D eigenvalue weighted by Crippen LogP contribution is -2.45. The molecule has 1 saturated heterocycles. The largest absolute Gasteiger partial charge is 0.377 e. The Kier molecular flexibility index (Phi) is 3.84. The van der Waals surface area contributed by atoms with Crippen molar-refractivity contribution in [3.05, 3.63) is 16.5 Å². The quantitative estimate of drug-likeness (QED) is 0.767. The van der Waals surface area contributed by atoms with Crippen LogP contribution in [0.1, 0.15) is 13.3 Å². The molecule has 1 aromatic heterocycles. The van der Waals surface area contributed by atoms with Crippen molar-refractivity contribution < 1.29 is 4.74 Å². The van der Waals surface area contributed by atoms with E-state index in [-0.39, 0.29) is 5.28 Å². The van der Waals surface area contributed by atoms with E-state index in [1.165, 1.54) is 6.20 Å². The Morgan fingerprint density at radius 2 is 2.38 bits per heavy atom. The lowest BCUT2D eigenvalue weighted by atomic mass is 10.2. The Balaban J connectivity index is 2.30. The average molecular weight is 262 g/mol. The summed E-state index contributed by atoms with van der Waals surface area (Å²) in [6.07, 6.45) is 2.52. The molecule has 4 nitrogen and oxygen atoms in total. The summed E-state index contributed by atoms with van der Waals surface area (Å²) in [7, 11) is 0. The van der Waals surface area contributed by atoms with Gasteiger partial charge < -0.3 is 9.64 Å². The molecule has 88 valence electrons. The van der Waals surface area contributed by atoms with E-state index >= 15 is 0 Å². The van der Waals surface area contributed by atoms with Crippen LogP contribution in [0.5, 0.6) is 0 Å². The molecule has 0 bridgehead atoms. The van der Waals surface area contributed by atoms with Gasteiger partial charge in [0, 0.05) is 6.54 Å². The SMILES string of the molecule is CCC1COCCN1c1nc(Cl)ncc1Cl. The second-order valence-electron chi connectivity index (χ2n) is 3.64. The van der Waals surface area contributed by atoms with Gasteiger partial charge in [0.2, 0.25) is 5.28 Å². The molecule has 2 rings (SSSR count). The summed E-state index contributed by atoms with van der Waals surface area (Å²) in [5, 5.41) is 0.755. The van der Waals surface area contributed by atoms with E-state index in [0.29, 0.717) is 30.1 Å². The third kappa shape index (κ3) is 2.39. The maximum Gasteiger partial charge on any atom is 0.224 e. The third-order valence-corrected chi connectivity index (χ3v) is 3.12. The van der Waals surface area contributed by atoms with Gasteiger partial charge in [-0.15, -0.1) is 0 Å². The predicted molar refractivity (Wildman–Crippen MR) is 64.3 cm³/mol. The topological polar surface area (TPSA) is 38.2 Å². The number of hydrogen-bond donors (Lipinski definition) is 0.